The van der Waals surface area contributed by atoms with E-state index in [1.807, 2.05) is 0 Å². The number of nitrogens with zero attached hydrogens (tertiary/aromatic N) is 2. The number of aliphatic hydroxyl groups excluding tert-OH is 1. The van der Waals surface area contributed by atoms with Crippen molar-refractivity contribution in [1.29, 1.82) is 0 Å². The van der Waals surface area contributed by atoms with E-state index in [1.165, 1.54) is 4.88 Å². The second-order valence-corrected chi connectivity index (χ2v) is 6.57. The Balaban J connectivity index is 1.73. The maximum atomic E-state index is 9.59. The van der Waals surface area contributed by atoms with Crippen LogP contribution in [-0.4, -0.2) is 41.4 Å². The van der Waals surface area contributed by atoms with Gasteiger partial charge in [-0.25, -0.2) is 9.97 Å². The van der Waals surface area contributed by atoms with Crippen molar-refractivity contribution in [3.63, 3.8) is 0 Å². The second kappa shape index (κ2) is 6.68. The van der Waals surface area contributed by atoms with Crippen LogP contribution in [0.1, 0.15) is 18.2 Å². The van der Waals surface area contributed by atoms with Gasteiger partial charge in [0.05, 0.1) is 5.39 Å². The summed E-state index contributed by atoms with van der Waals surface area (Å²) in [6.45, 7) is 4.61. The largest absolute Gasteiger partial charge is 0.396 e. The Morgan fingerprint density at radius 3 is 3.14 bits per heavy atom. The maximum Gasteiger partial charge on any atom is 0.138 e. The maximum absolute atomic E-state index is 9.59. The molecule has 1 aliphatic heterocycles. The topological polar surface area (TPSA) is 67.3 Å². The summed E-state index contributed by atoms with van der Waals surface area (Å²) in [5, 5.41) is 14.1. The number of aliphatic hydroxyl groups is 1. The first kappa shape index (κ1) is 14.7. The number of anilines is 1. The Morgan fingerprint density at radius 2 is 2.43 bits per heavy atom. The van der Waals surface area contributed by atoms with Gasteiger partial charge in [-0.1, -0.05) is 6.92 Å². The summed E-state index contributed by atoms with van der Waals surface area (Å²) < 4.78 is 5.42. The lowest BCUT2D eigenvalue weighted by atomic mass is 9.92. The first-order valence-electron chi connectivity index (χ1n) is 7.47. The number of nitrogens with one attached hydrogen (secondary N) is 1. The highest BCUT2D eigenvalue weighted by molar-refractivity contribution is 7.18. The van der Waals surface area contributed by atoms with Gasteiger partial charge >= 0.3 is 0 Å². The van der Waals surface area contributed by atoms with Gasteiger partial charge in [0, 0.05) is 37.2 Å². The highest BCUT2D eigenvalue weighted by Crippen LogP contribution is 2.29. The highest BCUT2D eigenvalue weighted by atomic mass is 32.1. The fourth-order valence-electron chi connectivity index (χ4n) is 2.75. The minimum Gasteiger partial charge on any atom is -0.396 e. The van der Waals surface area contributed by atoms with Crippen LogP contribution in [0.5, 0.6) is 0 Å². The van der Waals surface area contributed by atoms with Gasteiger partial charge in [0.1, 0.15) is 17.0 Å². The molecule has 0 aromatic carbocycles. The number of fused-ring (bicyclic) bond motifs is 1. The average molecular weight is 307 g/mol. The predicted octanol–water partition coefficient (Wildman–Crippen LogP) is 2.31. The highest BCUT2D eigenvalue weighted by Gasteiger charge is 2.25. The molecule has 0 spiro atoms. The van der Waals surface area contributed by atoms with E-state index < -0.39 is 0 Å². The van der Waals surface area contributed by atoms with Crippen LogP contribution in [0.4, 0.5) is 5.82 Å². The average Bonchev–Trinajstić information content (AvgIpc) is 3.17. The van der Waals surface area contributed by atoms with Crippen molar-refractivity contribution < 1.29 is 9.84 Å². The van der Waals surface area contributed by atoms with Gasteiger partial charge in [-0.2, -0.15) is 0 Å². The van der Waals surface area contributed by atoms with Gasteiger partial charge in [-0.15, -0.1) is 11.3 Å². The second-order valence-electron chi connectivity index (χ2n) is 5.45. The molecule has 0 radical (unpaired) electrons. The molecular weight excluding hydrogens is 286 g/mol. The summed E-state index contributed by atoms with van der Waals surface area (Å²) in [6.07, 6.45) is 3.65. The molecule has 0 aliphatic carbocycles. The number of aromatic nitrogens is 2. The molecule has 2 atom stereocenters. The summed E-state index contributed by atoms with van der Waals surface area (Å²) in [5.74, 6) is 1.52. The van der Waals surface area contributed by atoms with Gasteiger partial charge in [0.2, 0.25) is 0 Å². The fraction of sp³-hybridized carbons (Fsp3) is 0.600. The van der Waals surface area contributed by atoms with Crippen LogP contribution >= 0.6 is 11.3 Å². The predicted molar refractivity (Wildman–Crippen MR) is 84.8 cm³/mol. The molecule has 5 nitrogen and oxygen atoms in total. The Labute approximate surface area is 128 Å². The van der Waals surface area contributed by atoms with Crippen LogP contribution in [0.3, 0.4) is 0 Å². The molecule has 3 rings (SSSR count). The van der Waals surface area contributed by atoms with Crippen molar-refractivity contribution in [2.75, 3.05) is 31.7 Å². The van der Waals surface area contributed by atoms with Crippen molar-refractivity contribution in [1.82, 2.24) is 9.97 Å². The Morgan fingerprint density at radius 1 is 1.52 bits per heavy atom. The number of ether oxygens (including phenoxy) is 1. The summed E-state index contributed by atoms with van der Waals surface area (Å²) in [4.78, 5) is 11.0. The van der Waals surface area contributed by atoms with E-state index in [9.17, 15) is 5.11 Å². The van der Waals surface area contributed by atoms with Gasteiger partial charge in [0.15, 0.2) is 0 Å². The van der Waals surface area contributed by atoms with Gasteiger partial charge in [0.25, 0.3) is 0 Å². The van der Waals surface area contributed by atoms with E-state index >= 15 is 0 Å². The standard InChI is InChI=1S/C15H21N3O2S/c1-2-12-5-13-14(17-9-18-15(13)21-12)16-6-11(7-19)10-3-4-20-8-10/h5,9-11,19H,2-4,6-8H2,1H3,(H,16,17,18). The number of aryl methyl sites for hydroxylation is 1. The van der Waals surface area contributed by atoms with E-state index in [1.54, 1.807) is 17.7 Å². The molecular formula is C15H21N3O2S. The zero-order valence-electron chi connectivity index (χ0n) is 12.2. The summed E-state index contributed by atoms with van der Waals surface area (Å²) in [7, 11) is 0. The quantitative estimate of drug-likeness (QED) is 0.857. The number of hydrogen-bond acceptors (Lipinski definition) is 6. The van der Waals surface area contributed by atoms with Crippen LogP contribution < -0.4 is 5.32 Å². The van der Waals surface area contributed by atoms with Gasteiger partial charge in [-0.3, -0.25) is 0 Å². The SMILES string of the molecule is CCc1cc2c(NCC(CO)C3CCOC3)ncnc2s1. The molecule has 21 heavy (non-hydrogen) atoms. The van der Waals surface area contributed by atoms with Crippen molar-refractivity contribution >= 4 is 27.4 Å². The van der Waals surface area contributed by atoms with Crippen LogP contribution in [0.2, 0.25) is 0 Å². The van der Waals surface area contributed by atoms with Crippen molar-refractivity contribution in [2.45, 2.75) is 19.8 Å². The molecule has 2 aromatic rings. The van der Waals surface area contributed by atoms with E-state index in [-0.39, 0.29) is 12.5 Å². The number of hydrogen-bond donors (Lipinski definition) is 2. The smallest absolute Gasteiger partial charge is 0.138 e. The minimum absolute atomic E-state index is 0.180. The minimum atomic E-state index is 0.180. The molecule has 3 heterocycles. The van der Waals surface area contributed by atoms with Gasteiger partial charge in [-0.05, 0) is 24.8 Å². The third-order valence-electron chi connectivity index (χ3n) is 4.13. The third kappa shape index (κ3) is 3.17. The zero-order valence-corrected chi connectivity index (χ0v) is 13.0. The van der Waals surface area contributed by atoms with E-state index in [2.05, 4.69) is 28.3 Å². The van der Waals surface area contributed by atoms with Crippen LogP contribution in [0.15, 0.2) is 12.4 Å². The lowest BCUT2D eigenvalue weighted by molar-refractivity contribution is 0.145. The molecule has 6 heteroatoms. The number of rotatable bonds is 6. The Bertz CT molecular complexity index is 596. The molecule has 1 aliphatic rings. The zero-order chi connectivity index (χ0) is 14.7. The molecule has 0 saturated carbocycles. The number of thiophene rings is 1. The third-order valence-corrected chi connectivity index (χ3v) is 5.31. The monoisotopic (exact) mass is 307 g/mol. The molecule has 2 unspecified atom stereocenters. The van der Waals surface area contributed by atoms with Crippen LogP contribution in [0, 0.1) is 11.8 Å². The molecule has 2 aromatic heterocycles. The fourth-order valence-corrected chi connectivity index (χ4v) is 3.69. The summed E-state index contributed by atoms with van der Waals surface area (Å²) in [5.41, 5.74) is 0. The van der Waals surface area contributed by atoms with E-state index in [0.29, 0.717) is 12.5 Å². The van der Waals surface area contributed by atoms with Crippen LogP contribution in [0.25, 0.3) is 10.2 Å². The van der Waals surface area contributed by atoms with Gasteiger partial charge < -0.3 is 15.2 Å². The Kier molecular flexibility index (Phi) is 4.67. The lowest BCUT2D eigenvalue weighted by Crippen LogP contribution is -2.26. The molecule has 1 saturated heterocycles. The van der Waals surface area contributed by atoms with Crippen molar-refractivity contribution in [2.24, 2.45) is 11.8 Å². The Hall–Kier alpha value is -1.24. The summed E-state index contributed by atoms with van der Waals surface area (Å²) in [6, 6.07) is 2.16. The van der Waals surface area contributed by atoms with Crippen LogP contribution in [-0.2, 0) is 11.2 Å². The molecule has 0 amide bonds. The summed E-state index contributed by atoms with van der Waals surface area (Å²) >= 11 is 1.72. The van der Waals surface area contributed by atoms with Crippen molar-refractivity contribution in [3.8, 4) is 0 Å². The van der Waals surface area contributed by atoms with Crippen molar-refractivity contribution in [3.05, 3.63) is 17.3 Å². The molecule has 114 valence electrons. The first-order valence-corrected chi connectivity index (χ1v) is 8.29. The van der Waals surface area contributed by atoms with E-state index in [0.717, 1.165) is 42.1 Å². The first-order chi connectivity index (χ1) is 10.3. The lowest BCUT2D eigenvalue weighted by Gasteiger charge is -2.20. The van der Waals surface area contributed by atoms with E-state index in [4.69, 9.17) is 4.74 Å². The normalized spacial score (nSPS) is 20.0. The molecule has 2 N–H and O–H groups in total. The molecule has 0 bridgehead atoms. The molecule has 1 fully saturated rings.